The van der Waals surface area contributed by atoms with Crippen molar-refractivity contribution < 1.29 is 14.6 Å². The van der Waals surface area contributed by atoms with E-state index in [9.17, 15) is 4.79 Å². The van der Waals surface area contributed by atoms with Crippen molar-refractivity contribution in [2.24, 2.45) is 0 Å². The molecule has 138 valence electrons. The van der Waals surface area contributed by atoms with Gasteiger partial charge in [-0.2, -0.15) is 0 Å². The minimum absolute atomic E-state index is 0.121. The van der Waals surface area contributed by atoms with Crippen molar-refractivity contribution in [1.82, 2.24) is 0 Å². The molecule has 0 saturated carbocycles. The molecule has 3 rings (SSSR count). The van der Waals surface area contributed by atoms with Crippen LogP contribution in [0.5, 0.6) is 0 Å². The monoisotopic (exact) mass is 353 g/mol. The molecule has 1 aliphatic rings. The maximum Gasteiger partial charge on any atom is 0.279 e. The Hall–Kier alpha value is -2.17. The fourth-order valence-electron chi connectivity index (χ4n) is 3.73. The summed E-state index contributed by atoms with van der Waals surface area (Å²) in [5.74, 6) is 0.121. The molecule has 0 unspecified atom stereocenters. The van der Waals surface area contributed by atoms with Crippen LogP contribution in [0.25, 0.3) is 0 Å². The molecule has 0 atom stereocenters. The molecule has 0 bridgehead atoms. The van der Waals surface area contributed by atoms with E-state index in [4.69, 9.17) is 0 Å². The smallest absolute Gasteiger partial charge is 0.279 e. The van der Waals surface area contributed by atoms with Gasteiger partial charge in [0, 0.05) is 11.3 Å². The van der Waals surface area contributed by atoms with Gasteiger partial charge in [0.25, 0.3) is 5.91 Å². The fourth-order valence-corrected chi connectivity index (χ4v) is 3.73. The number of carbonyl (C=O) groups excluding carboxylic acids is 1. The average molecular weight is 354 g/mol. The van der Waals surface area contributed by atoms with E-state index < -0.39 is 0 Å². The van der Waals surface area contributed by atoms with Crippen LogP contribution in [0.1, 0.15) is 22.3 Å². The summed E-state index contributed by atoms with van der Waals surface area (Å²) >= 11 is 0. The number of carbonyl (C=O) groups is 1. The maximum atomic E-state index is 12.4. The molecule has 3 N–H and O–H groups in total. The van der Waals surface area contributed by atoms with Gasteiger partial charge in [-0.3, -0.25) is 4.79 Å². The molecule has 26 heavy (non-hydrogen) atoms. The van der Waals surface area contributed by atoms with Crippen LogP contribution < -0.4 is 15.1 Å². The molecule has 0 spiro atoms. The summed E-state index contributed by atoms with van der Waals surface area (Å²) in [6.07, 6.45) is 0. The number of rotatable bonds is 5. The molecule has 2 aromatic carbocycles. The molecule has 0 aliphatic carbocycles. The third-order valence-electron chi connectivity index (χ3n) is 5.49. The number of hydrogen-bond acceptors (Lipinski definition) is 1. The Morgan fingerprint density at radius 3 is 2.38 bits per heavy atom. The van der Waals surface area contributed by atoms with Gasteiger partial charge < -0.3 is 15.1 Å². The highest BCUT2D eigenvalue weighted by Gasteiger charge is 2.25. The minimum Gasteiger partial charge on any atom is -0.322 e. The van der Waals surface area contributed by atoms with Gasteiger partial charge in [0.2, 0.25) is 0 Å². The van der Waals surface area contributed by atoms with Gasteiger partial charge in [-0.1, -0.05) is 42.0 Å². The Morgan fingerprint density at radius 2 is 1.65 bits per heavy atom. The first-order valence-electron chi connectivity index (χ1n) is 9.60. The third-order valence-corrected chi connectivity index (χ3v) is 5.49. The van der Waals surface area contributed by atoms with Gasteiger partial charge in [0.05, 0.1) is 0 Å². The fraction of sp³-hybridized carbons (Fsp3) is 0.409. The van der Waals surface area contributed by atoms with Gasteiger partial charge in [-0.25, -0.2) is 0 Å². The van der Waals surface area contributed by atoms with Gasteiger partial charge >= 0.3 is 0 Å². The first kappa shape index (κ1) is 18.6. The predicted molar refractivity (Wildman–Crippen MR) is 106 cm³/mol. The van der Waals surface area contributed by atoms with E-state index in [-0.39, 0.29) is 5.91 Å². The quantitative estimate of drug-likeness (QED) is 0.721. The van der Waals surface area contributed by atoms with Crippen LogP contribution in [0, 0.1) is 20.8 Å². The van der Waals surface area contributed by atoms with Gasteiger partial charge in [-0.05, 0) is 38.0 Å². The number of piperazine rings is 1. The van der Waals surface area contributed by atoms with Crippen molar-refractivity contribution in [2.45, 2.75) is 27.3 Å². The van der Waals surface area contributed by atoms with E-state index in [1.807, 2.05) is 12.1 Å². The summed E-state index contributed by atoms with van der Waals surface area (Å²) in [5.41, 5.74) is 6.05. The highest BCUT2D eigenvalue weighted by molar-refractivity contribution is 5.92. The molecular formula is C22H31N3O+2. The molecule has 4 heteroatoms. The van der Waals surface area contributed by atoms with Crippen LogP contribution >= 0.6 is 0 Å². The van der Waals surface area contributed by atoms with Crippen molar-refractivity contribution >= 4 is 11.6 Å². The SMILES string of the molecule is Cc1cccc(C[NH+]2CC[NH+](CC(=O)Nc3cccc(C)c3C)CC2)c1. The zero-order chi connectivity index (χ0) is 18.5. The minimum atomic E-state index is 0.121. The van der Waals surface area contributed by atoms with Crippen molar-refractivity contribution in [2.75, 3.05) is 38.0 Å². The lowest BCUT2D eigenvalue weighted by atomic mass is 10.1. The lowest BCUT2D eigenvalue weighted by Crippen LogP contribution is -3.28. The van der Waals surface area contributed by atoms with Crippen molar-refractivity contribution in [3.05, 3.63) is 64.7 Å². The first-order chi connectivity index (χ1) is 12.5. The van der Waals surface area contributed by atoms with E-state index in [0.29, 0.717) is 6.54 Å². The second-order valence-electron chi connectivity index (χ2n) is 7.64. The molecule has 1 saturated heterocycles. The van der Waals surface area contributed by atoms with Crippen LogP contribution in [0.2, 0.25) is 0 Å². The Morgan fingerprint density at radius 1 is 0.962 bits per heavy atom. The maximum absolute atomic E-state index is 12.4. The zero-order valence-corrected chi connectivity index (χ0v) is 16.2. The number of hydrogen-bond donors (Lipinski definition) is 3. The molecule has 1 heterocycles. The zero-order valence-electron chi connectivity index (χ0n) is 16.2. The normalized spacial score (nSPS) is 20.0. The van der Waals surface area contributed by atoms with Gasteiger partial charge in [0.1, 0.15) is 32.7 Å². The summed E-state index contributed by atoms with van der Waals surface area (Å²) in [7, 11) is 0. The average Bonchev–Trinajstić information content (AvgIpc) is 2.61. The van der Waals surface area contributed by atoms with Crippen molar-refractivity contribution in [1.29, 1.82) is 0 Å². The summed E-state index contributed by atoms with van der Waals surface area (Å²) in [4.78, 5) is 15.4. The number of benzene rings is 2. The lowest BCUT2D eigenvalue weighted by Gasteiger charge is -2.29. The number of amides is 1. The summed E-state index contributed by atoms with van der Waals surface area (Å²) in [5, 5.41) is 3.09. The van der Waals surface area contributed by atoms with E-state index in [2.05, 4.69) is 56.4 Å². The van der Waals surface area contributed by atoms with Crippen LogP contribution in [-0.2, 0) is 11.3 Å². The van der Waals surface area contributed by atoms with E-state index >= 15 is 0 Å². The predicted octanol–water partition coefficient (Wildman–Crippen LogP) is 0.534. The number of aryl methyl sites for hydroxylation is 2. The highest BCUT2D eigenvalue weighted by Crippen LogP contribution is 2.17. The van der Waals surface area contributed by atoms with Crippen LogP contribution in [0.15, 0.2) is 42.5 Å². The molecule has 0 radical (unpaired) electrons. The Bertz CT molecular complexity index is 764. The molecule has 1 amide bonds. The Labute approximate surface area is 156 Å². The molecule has 4 nitrogen and oxygen atoms in total. The topological polar surface area (TPSA) is 38.0 Å². The van der Waals surface area contributed by atoms with E-state index in [1.165, 1.54) is 21.6 Å². The van der Waals surface area contributed by atoms with Crippen LogP contribution in [0.4, 0.5) is 5.69 Å². The van der Waals surface area contributed by atoms with Crippen molar-refractivity contribution in [3.8, 4) is 0 Å². The second-order valence-corrected chi connectivity index (χ2v) is 7.64. The van der Waals surface area contributed by atoms with E-state index in [0.717, 1.165) is 44.0 Å². The molecular weight excluding hydrogens is 322 g/mol. The largest absolute Gasteiger partial charge is 0.322 e. The van der Waals surface area contributed by atoms with Crippen LogP contribution in [0.3, 0.4) is 0 Å². The van der Waals surface area contributed by atoms with Crippen molar-refractivity contribution in [3.63, 3.8) is 0 Å². The lowest BCUT2D eigenvalue weighted by molar-refractivity contribution is -1.02. The molecule has 1 fully saturated rings. The Balaban J connectivity index is 1.46. The second kappa shape index (κ2) is 8.47. The third kappa shape index (κ3) is 4.93. The summed E-state index contributed by atoms with van der Waals surface area (Å²) in [6, 6.07) is 14.9. The molecule has 2 aromatic rings. The van der Waals surface area contributed by atoms with Gasteiger partial charge in [-0.15, -0.1) is 0 Å². The first-order valence-corrected chi connectivity index (χ1v) is 9.60. The molecule has 1 aliphatic heterocycles. The Kier molecular flexibility index (Phi) is 6.07. The van der Waals surface area contributed by atoms with E-state index in [1.54, 1.807) is 4.90 Å². The standard InChI is InChI=1S/C22H29N3O/c1-17-6-4-8-20(14-17)15-24-10-12-25(13-11-24)16-22(26)23-21-9-5-7-18(2)19(21)3/h4-9,14H,10-13,15-16H2,1-3H3,(H,23,26)/p+2. The number of nitrogens with one attached hydrogen (secondary N) is 3. The number of quaternary nitrogens is 2. The highest BCUT2D eigenvalue weighted by atomic mass is 16.2. The summed E-state index contributed by atoms with van der Waals surface area (Å²) < 4.78 is 0. The van der Waals surface area contributed by atoms with Crippen LogP contribution in [-0.4, -0.2) is 38.6 Å². The number of anilines is 1. The summed E-state index contributed by atoms with van der Waals surface area (Å²) in [6.45, 7) is 12.3. The molecule has 0 aromatic heterocycles. The van der Waals surface area contributed by atoms with Gasteiger partial charge in [0.15, 0.2) is 6.54 Å².